The largest absolute Gasteiger partial charge is 0.496 e. The van der Waals surface area contributed by atoms with Crippen LogP contribution in [0.25, 0.3) is 0 Å². The Labute approximate surface area is 118 Å². The highest BCUT2D eigenvalue weighted by Gasteiger charge is 2.14. The van der Waals surface area contributed by atoms with E-state index >= 15 is 0 Å². The van der Waals surface area contributed by atoms with Gasteiger partial charge in [-0.1, -0.05) is 29.8 Å². The molecule has 3 heteroatoms. The maximum atomic E-state index is 12.9. The van der Waals surface area contributed by atoms with Crippen LogP contribution in [0, 0.1) is 24.1 Å². The first-order valence-corrected chi connectivity index (χ1v) is 6.42. The average Bonchev–Trinajstić information content (AvgIpc) is 2.46. The number of ether oxygens (including phenoxy) is 1. The van der Waals surface area contributed by atoms with Crippen molar-refractivity contribution in [1.82, 2.24) is 0 Å². The molecule has 0 amide bonds. The van der Waals surface area contributed by atoms with Gasteiger partial charge in [-0.15, -0.1) is 0 Å². The molecule has 0 spiro atoms. The van der Waals surface area contributed by atoms with Crippen LogP contribution in [0.15, 0.2) is 42.5 Å². The summed E-state index contributed by atoms with van der Waals surface area (Å²) in [5.41, 5.74) is 2.93. The van der Waals surface area contributed by atoms with Crippen LogP contribution in [0.4, 0.5) is 4.39 Å². The van der Waals surface area contributed by atoms with Crippen LogP contribution in [-0.2, 0) is 6.42 Å². The first kappa shape index (κ1) is 14.1. The molecule has 0 radical (unpaired) electrons. The van der Waals surface area contributed by atoms with Crippen molar-refractivity contribution in [2.24, 2.45) is 0 Å². The third kappa shape index (κ3) is 3.16. The van der Waals surface area contributed by atoms with Crippen molar-refractivity contribution < 1.29 is 9.13 Å². The second-order valence-electron chi connectivity index (χ2n) is 4.75. The molecule has 0 fully saturated rings. The quantitative estimate of drug-likeness (QED) is 0.840. The minimum absolute atomic E-state index is 0.293. The van der Waals surface area contributed by atoms with E-state index in [4.69, 9.17) is 4.74 Å². The van der Waals surface area contributed by atoms with E-state index in [1.165, 1.54) is 12.1 Å². The van der Waals surface area contributed by atoms with Gasteiger partial charge in [-0.2, -0.15) is 5.26 Å². The molecule has 0 saturated carbocycles. The third-order valence-electron chi connectivity index (χ3n) is 3.29. The van der Waals surface area contributed by atoms with Crippen molar-refractivity contribution in [2.45, 2.75) is 19.3 Å². The molecule has 1 unspecified atom stereocenters. The SMILES string of the molecule is COc1ccc(C)cc1CC(C#N)c1ccc(F)cc1. The summed E-state index contributed by atoms with van der Waals surface area (Å²) in [6.07, 6.45) is 0.549. The fraction of sp³-hybridized carbons (Fsp3) is 0.235. The number of aryl methyl sites for hydroxylation is 1. The number of rotatable bonds is 4. The number of halogens is 1. The van der Waals surface area contributed by atoms with Gasteiger partial charge in [-0.3, -0.25) is 0 Å². The van der Waals surface area contributed by atoms with Crippen molar-refractivity contribution in [2.75, 3.05) is 7.11 Å². The van der Waals surface area contributed by atoms with Gasteiger partial charge in [0.15, 0.2) is 0 Å². The van der Waals surface area contributed by atoms with Crippen LogP contribution < -0.4 is 4.74 Å². The van der Waals surface area contributed by atoms with Crippen molar-refractivity contribution in [1.29, 1.82) is 5.26 Å². The smallest absolute Gasteiger partial charge is 0.123 e. The fourth-order valence-electron chi connectivity index (χ4n) is 2.22. The topological polar surface area (TPSA) is 33.0 Å². The maximum absolute atomic E-state index is 12.9. The lowest BCUT2D eigenvalue weighted by molar-refractivity contribution is 0.409. The fourth-order valence-corrected chi connectivity index (χ4v) is 2.22. The van der Waals surface area contributed by atoms with Gasteiger partial charge in [-0.05, 0) is 42.7 Å². The normalized spacial score (nSPS) is 11.7. The van der Waals surface area contributed by atoms with E-state index in [1.807, 2.05) is 25.1 Å². The monoisotopic (exact) mass is 269 g/mol. The molecule has 0 saturated heterocycles. The molecular formula is C17H16FNO. The molecule has 0 heterocycles. The van der Waals surface area contributed by atoms with E-state index in [-0.39, 0.29) is 11.7 Å². The Kier molecular flexibility index (Phi) is 4.37. The van der Waals surface area contributed by atoms with Crippen molar-refractivity contribution in [3.8, 4) is 11.8 Å². The van der Waals surface area contributed by atoms with Gasteiger partial charge in [0.1, 0.15) is 11.6 Å². The molecule has 2 aromatic rings. The lowest BCUT2D eigenvalue weighted by Gasteiger charge is -2.13. The van der Waals surface area contributed by atoms with Crippen LogP contribution in [0.2, 0.25) is 0 Å². The molecule has 0 N–H and O–H groups in total. The van der Waals surface area contributed by atoms with Crippen molar-refractivity contribution in [3.05, 3.63) is 65.0 Å². The Morgan fingerprint density at radius 1 is 1.20 bits per heavy atom. The summed E-state index contributed by atoms with van der Waals surface area (Å²) >= 11 is 0. The van der Waals surface area contributed by atoms with Gasteiger partial charge >= 0.3 is 0 Å². The van der Waals surface area contributed by atoms with Crippen molar-refractivity contribution in [3.63, 3.8) is 0 Å². The Bertz CT molecular complexity index is 628. The molecule has 0 aliphatic carbocycles. The van der Waals surface area contributed by atoms with Gasteiger partial charge in [0.2, 0.25) is 0 Å². The van der Waals surface area contributed by atoms with Crippen LogP contribution in [0.3, 0.4) is 0 Å². The van der Waals surface area contributed by atoms with Gasteiger partial charge in [-0.25, -0.2) is 4.39 Å². The standard InChI is InChI=1S/C17H16FNO/c1-12-3-8-17(20-2)14(9-12)10-15(11-19)13-4-6-16(18)7-5-13/h3-9,15H,10H2,1-2H3. The number of nitriles is 1. The summed E-state index contributed by atoms with van der Waals surface area (Å²) in [4.78, 5) is 0. The lowest BCUT2D eigenvalue weighted by Crippen LogP contribution is -2.03. The summed E-state index contributed by atoms with van der Waals surface area (Å²) in [6.45, 7) is 2.00. The van der Waals surface area contributed by atoms with E-state index in [0.717, 1.165) is 22.4 Å². The Morgan fingerprint density at radius 2 is 1.90 bits per heavy atom. The van der Waals surface area contributed by atoms with E-state index in [1.54, 1.807) is 19.2 Å². The third-order valence-corrected chi connectivity index (χ3v) is 3.29. The van der Waals surface area contributed by atoms with E-state index < -0.39 is 0 Å². The number of methoxy groups -OCH3 is 1. The number of benzene rings is 2. The summed E-state index contributed by atoms with van der Waals surface area (Å²) < 4.78 is 18.3. The maximum Gasteiger partial charge on any atom is 0.123 e. The molecule has 0 aliphatic rings. The average molecular weight is 269 g/mol. The highest BCUT2D eigenvalue weighted by atomic mass is 19.1. The van der Waals surface area contributed by atoms with E-state index in [0.29, 0.717) is 6.42 Å². The second-order valence-corrected chi connectivity index (χ2v) is 4.75. The van der Waals surface area contributed by atoms with Gasteiger partial charge in [0.05, 0.1) is 19.1 Å². The van der Waals surface area contributed by atoms with Gasteiger partial charge in [0.25, 0.3) is 0 Å². The van der Waals surface area contributed by atoms with E-state index in [2.05, 4.69) is 6.07 Å². The lowest BCUT2D eigenvalue weighted by atomic mass is 9.92. The number of hydrogen-bond acceptors (Lipinski definition) is 2. The molecular weight excluding hydrogens is 253 g/mol. The first-order valence-electron chi connectivity index (χ1n) is 6.42. The Balaban J connectivity index is 2.29. The predicted molar refractivity (Wildman–Crippen MR) is 76.2 cm³/mol. The number of hydrogen-bond donors (Lipinski definition) is 0. The van der Waals surface area contributed by atoms with Crippen LogP contribution in [-0.4, -0.2) is 7.11 Å². The minimum atomic E-state index is -0.314. The molecule has 2 aromatic carbocycles. The Morgan fingerprint density at radius 3 is 2.50 bits per heavy atom. The van der Waals surface area contributed by atoms with Crippen molar-refractivity contribution >= 4 is 0 Å². The number of nitrogens with zero attached hydrogens (tertiary/aromatic N) is 1. The molecule has 1 atom stereocenters. The zero-order chi connectivity index (χ0) is 14.5. The molecule has 0 aromatic heterocycles. The zero-order valence-electron chi connectivity index (χ0n) is 11.6. The predicted octanol–water partition coefficient (Wildman–Crippen LogP) is 3.99. The molecule has 2 rings (SSSR count). The molecule has 0 aliphatic heterocycles. The summed E-state index contributed by atoms with van der Waals surface area (Å²) in [5.74, 6) is 0.169. The Hall–Kier alpha value is -2.34. The first-order chi connectivity index (χ1) is 9.63. The molecule has 20 heavy (non-hydrogen) atoms. The van der Waals surface area contributed by atoms with Crippen LogP contribution in [0.5, 0.6) is 5.75 Å². The second kappa shape index (κ2) is 6.21. The highest BCUT2D eigenvalue weighted by Crippen LogP contribution is 2.27. The zero-order valence-corrected chi connectivity index (χ0v) is 11.6. The summed E-state index contributed by atoms with van der Waals surface area (Å²) in [7, 11) is 1.62. The van der Waals surface area contributed by atoms with E-state index in [9.17, 15) is 9.65 Å². The van der Waals surface area contributed by atoms with Crippen LogP contribution in [0.1, 0.15) is 22.6 Å². The summed E-state index contributed by atoms with van der Waals surface area (Å²) in [6, 6.07) is 14.3. The van der Waals surface area contributed by atoms with Crippen LogP contribution >= 0.6 is 0 Å². The molecule has 2 nitrogen and oxygen atoms in total. The summed E-state index contributed by atoms with van der Waals surface area (Å²) in [5, 5.41) is 9.36. The van der Waals surface area contributed by atoms with Gasteiger partial charge in [0, 0.05) is 0 Å². The van der Waals surface area contributed by atoms with Gasteiger partial charge < -0.3 is 4.74 Å². The minimum Gasteiger partial charge on any atom is -0.496 e. The molecule has 102 valence electrons. The highest BCUT2D eigenvalue weighted by molar-refractivity contribution is 5.39. The molecule has 0 bridgehead atoms.